The predicted molar refractivity (Wildman–Crippen MR) is 148 cm³/mol. The van der Waals surface area contributed by atoms with E-state index in [1.165, 1.54) is 6.07 Å². The van der Waals surface area contributed by atoms with Crippen molar-refractivity contribution in [2.24, 2.45) is 0 Å². The first-order chi connectivity index (χ1) is 18.5. The number of anilines is 1. The van der Waals surface area contributed by atoms with E-state index < -0.39 is 5.82 Å². The van der Waals surface area contributed by atoms with Gasteiger partial charge in [-0.05, 0) is 48.0 Å². The first-order valence-corrected chi connectivity index (χ1v) is 12.9. The van der Waals surface area contributed by atoms with Crippen LogP contribution in [0.1, 0.15) is 27.2 Å². The van der Waals surface area contributed by atoms with E-state index in [2.05, 4.69) is 42.6 Å². The van der Waals surface area contributed by atoms with Gasteiger partial charge in [-0.15, -0.1) is 0 Å². The van der Waals surface area contributed by atoms with E-state index >= 15 is 0 Å². The molecule has 0 spiro atoms. The zero-order valence-corrected chi connectivity index (χ0v) is 21.4. The van der Waals surface area contributed by atoms with Gasteiger partial charge in [0, 0.05) is 84.6 Å². The maximum absolute atomic E-state index is 14.5. The number of halogens is 2. The predicted octanol–water partition coefficient (Wildman–Crippen LogP) is 4.83. The summed E-state index contributed by atoms with van der Waals surface area (Å²) in [5, 5.41) is 8.49. The molecule has 3 N–H and O–H groups in total. The van der Waals surface area contributed by atoms with E-state index in [-0.39, 0.29) is 12.5 Å². The van der Waals surface area contributed by atoms with E-state index in [9.17, 15) is 9.18 Å². The van der Waals surface area contributed by atoms with Gasteiger partial charge >= 0.3 is 0 Å². The van der Waals surface area contributed by atoms with Crippen LogP contribution in [0.5, 0.6) is 0 Å². The summed E-state index contributed by atoms with van der Waals surface area (Å²) in [6.45, 7) is 3.92. The Morgan fingerprint density at radius 3 is 2.82 bits per heavy atom. The summed E-state index contributed by atoms with van der Waals surface area (Å²) < 4.78 is 14.5. The van der Waals surface area contributed by atoms with Crippen LogP contribution >= 0.6 is 11.6 Å². The molecule has 1 saturated heterocycles. The van der Waals surface area contributed by atoms with Gasteiger partial charge in [-0.1, -0.05) is 17.7 Å². The van der Waals surface area contributed by atoms with E-state index in [1.54, 1.807) is 30.6 Å². The third-order valence-electron chi connectivity index (χ3n) is 6.92. The Morgan fingerprint density at radius 1 is 1.08 bits per heavy atom. The van der Waals surface area contributed by atoms with E-state index in [4.69, 9.17) is 11.6 Å². The molecule has 0 radical (unpaired) electrons. The van der Waals surface area contributed by atoms with Crippen LogP contribution in [0.4, 0.5) is 10.1 Å². The van der Waals surface area contributed by atoms with Gasteiger partial charge in [-0.3, -0.25) is 14.8 Å². The minimum absolute atomic E-state index is 0.0485. The molecule has 9 heteroatoms. The summed E-state index contributed by atoms with van der Waals surface area (Å²) in [5.41, 5.74) is 5.38. The summed E-state index contributed by atoms with van der Waals surface area (Å²) in [6, 6.07) is 14.9. The van der Waals surface area contributed by atoms with Crippen LogP contribution in [0, 0.1) is 5.82 Å². The average Bonchev–Trinajstić information content (AvgIpc) is 3.30. The van der Waals surface area contributed by atoms with E-state index in [1.807, 2.05) is 18.3 Å². The van der Waals surface area contributed by atoms with Crippen LogP contribution in [0.2, 0.25) is 5.02 Å². The fourth-order valence-electron chi connectivity index (χ4n) is 4.87. The number of benzene rings is 2. The van der Waals surface area contributed by atoms with Crippen LogP contribution in [0.25, 0.3) is 21.8 Å². The Hall–Kier alpha value is -4.01. The Balaban J connectivity index is 1.16. The van der Waals surface area contributed by atoms with E-state index in [0.717, 1.165) is 54.0 Å². The number of rotatable bonds is 6. The van der Waals surface area contributed by atoms with Gasteiger partial charge in [-0.25, -0.2) is 4.39 Å². The first-order valence-electron chi connectivity index (χ1n) is 12.6. The second kappa shape index (κ2) is 10.4. The summed E-state index contributed by atoms with van der Waals surface area (Å²) in [7, 11) is 0. The molecule has 1 aliphatic heterocycles. The van der Waals surface area contributed by atoms with Crippen LogP contribution in [0.3, 0.4) is 0 Å². The van der Waals surface area contributed by atoms with Crippen molar-refractivity contribution >= 4 is 45.0 Å². The SMILES string of the molecule is O=C(NCc1cc2c(Cl)c[nH]c2cc1F)c1ccnc(Cc2ccc3ncc(N4CCNCC4)cc3c2)c1. The van der Waals surface area contributed by atoms with Crippen molar-refractivity contribution in [1.29, 1.82) is 0 Å². The molecule has 0 saturated carbocycles. The third-order valence-corrected chi connectivity index (χ3v) is 7.23. The lowest BCUT2D eigenvalue weighted by molar-refractivity contribution is 0.0950. The Labute approximate surface area is 224 Å². The lowest BCUT2D eigenvalue weighted by Crippen LogP contribution is -2.43. The van der Waals surface area contributed by atoms with Crippen molar-refractivity contribution < 1.29 is 9.18 Å². The standard InChI is InChI=1S/C29H26ClFN6O/c30-25-17-35-28-14-26(31)21(13-24(25)28)15-36-29(38)19-3-4-33-22(11-19)10-18-1-2-27-20(9-18)12-23(16-34-27)37-7-5-32-6-8-37/h1-4,9,11-14,16-17,32,35H,5-8,10,15H2,(H,36,38). The highest BCUT2D eigenvalue weighted by Crippen LogP contribution is 2.26. The Morgan fingerprint density at radius 2 is 1.95 bits per heavy atom. The van der Waals surface area contributed by atoms with Gasteiger partial charge in [-0.2, -0.15) is 0 Å². The number of aromatic nitrogens is 3. The molecule has 192 valence electrons. The van der Waals surface area contributed by atoms with Crippen molar-refractivity contribution in [2.45, 2.75) is 13.0 Å². The molecule has 0 unspecified atom stereocenters. The number of pyridine rings is 2. The number of carbonyl (C=O) groups is 1. The van der Waals surface area contributed by atoms with Crippen LogP contribution in [-0.4, -0.2) is 47.0 Å². The monoisotopic (exact) mass is 528 g/mol. The smallest absolute Gasteiger partial charge is 0.251 e. The summed E-state index contributed by atoms with van der Waals surface area (Å²) in [4.78, 5) is 27.3. The molecule has 0 aliphatic carbocycles. The minimum atomic E-state index is -0.405. The number of amides is 1. The Kier molecular flexibility index (Phi) is 6.66. The molecular formula is C29H26ClFN6O. The molecular weight excluding hydrogens is 503 g/mol. The van der Waals surface area contributed by atoms with Crippen molar-refractivity contribution in [3.05, 3.63) is 100 Å². The van der Waals surface area contributed by atoms with Crippen molar-refractivity contribution in [2.75, 3.05) is 31.1 Å². The molecule has 3 aromatic heterocycles. The molecule has 5 aromatic rings. The largest absolute Gasteiger partial charge is 0.368 e. The van der Waals surface area contributed by atoms with Crippen molar-refractivity contribution in [1.82, 2.24) is 25.6 Å². The fourth-order valence-corrected chi connectivity index (χ4v) is 5.08. The summed E-state index contributed by atoms with van der Waals surface area (Å²) in [6.07, 6.45) is 5.76. The maximum Gasteiger partial charge on any atom is 0.251 e. The van der Waals surface area contributed by atoms with Crippen molar-refractivity contribution in [3.63, 3.8) is 0 Å². The number of piperazine rings is 1. The highest BCUT2D eigenvalue weighted by atomic mass is 35.5. The van der Waals surface area contributed by atoms with Gasteiger partial charge in [0.15, 0.2) is 0 Å². The molecule has 2 aromatic carbocycles. The van der Waals surface area contributed by atoms with Crippen LogP contribution in [-0.2, 0) is 13.0 Å². The number of nitrogens with one attached hydrogen (secondary N) is 3. The zero-order valence-electron chi connectivity index (χ0n) is 20.6. The molecule has 1 fully saturated rings. The topological polar surface area (TPSA) is 85.9 Å². The molecule has 6 rings (SSSR count). The lowest BCUT2D eigenvalue weighted by atomic mass is 10.0. The molecule has 4 heterocycles. The quantitative estimate of drug-likeness (QED) is 0.294. The zero-order chi connectivity index (χ0) is 26.1. The molecule has 1 amide bonds. The number of hydrogen-bond acceptors (Lipinski definition) is 5. The third kappa shape index (κ3) is 5.05. The number of nitrogens with zero attached hydrogens (tertiary/aromatic N) is 3. The maximum atomic E-state index is 14.5. The molecule has 1 aliphatic rings. The van der Waals surface area contributed by atoms with Gasteiger partial charge in [0.2, 0.25) is 0 Å². The second-order valence-electron chi connectivity index (χ2n) is 9.48. The lowest BCUT2D eigenvalue weighted by Gasteiger charge is -2.29. The normalized spacial score (nSPS) is 13.8. The fraction of sp³-hybridized carbons (Fsp3) is 0.207. The Bertz CT molecular complexity index is 1650. The molecule has 7 nitrogen and oxygen atoms in total. The van der Waals surface area contributed by atoms with E-state index in [0.29, 0.717) is 33.5 Å². The van der Waals surface area contributed by atoms with Gasteiger partial charge in [0.1, 0.15) is 5.82 Å². The number of aromatic amines is 1. The molecule has 0 atom stereocenters. The highest BCUT2D eigenvalue weighted by Gasteiger charge is 2.14. The van der Waals surface area contributed by atoms with Gasteiger partial charge in [0.05, 0.1) is 22.4 Å². The first kappa shape index (κ1) is 24.3. The summed E-state index contributed by atoms with van der Waals surface area (Å²) >= 11 is 6.16. The minimum Gasteiger partial charge on any atom is -0.368 e. The van der Waals surface area contributed by atoms with Gasteiger partial charge in [0.25, 0.3) is 5.91 Å². The number of H-pyrrole nitrogens is 1. The second-order valence-corrected chi connectivity index (χ2v) is 9.89. The average molecular weight is 529 g/mol. The summed E-state index contributed by atoms with van der Waals surface area (Å²) in [5.74, 6) is -0.700. The van der Waals surface area contributed by atoms with Crippen LogP contribution < -0.4 is 15.5 Å². The van der Waals surface area contributed by atoms with Crippen LogP contribution in [0.15, 0.2) is 67.1 Å². The molecule has 38 heavy (non-hydrogen) atoms. The number of hydrogen-bond donors (Lipinski definition) is 3. The number of carbonyl (C=O) groups excluding carboxylic acids is 1. The van der Waals surface area contributed by atoms with Crippen molar-refractivity contribution in [3.8, 4) is 0 Å². The highest BCUT2D eigenvalue weighted by molar-refractivity contribution is 6.35. The van der Waals surface area contributed by atoms with Gasteiger partial charge < -0.3 is 20.5 Å². The molecule has 0 bridgehead atoms. The number of fused-ring (bicyclic) bond motifs is 2.